The molecule has 1 aliphatic heterocycles. The van der Waals surface area contributed by atoms with Crippen molar-refractivity contribution in [1.82, 2.24) is 15.2 Å². The molecule has 0 spiro atoms. The summed E-state index contributed by atoms with van der Waals surface area (Å²) in [5, 5.41) is 16.9. The van der Waals surface area contributed by atoms with Gasteiger partial charge in [-0.15, -0.1) is 0 Å². The molecule has 2 aromatic heterocycles. The number of rotatable bonds is 7. The average molecular weight is 468 g/mol. The smallest absolute Gasteiger partial charge is 0.336 e. The van der Waals surface area contributed by atoms with Crippen molar-refractivity contribution >= 4 is 23.4 Å². The van der Waals surface area contributed by atoms with E-state index in [0.29, 0.717) is 30.6 Å². The third-order valence-electron chi connectivity index (χ3n) is 6.50. The molecule has 0 aliphatic carbocycles. The summed E-state index contributed by atoms with van der Waals surface area (Å²) in [6.45, 7) is 0.427. The Kier molecular flexibility index (Phi) is 6.01. The van der Waals surface area contributed by atoms with Crippen molar-refractivity contribution in [1.29, 1.82) is 0 Å². The average Bonchev–Trinajstić information content (AvgIpc) is 3.57. The van der Waals surface area contributed by atoms with Gasteiger partial charge in [0.1, 0.15) is 11.9 Å². The lowest BCUT2D eigenvalue weighted by Gasteiger charge is -2.31. The van der Waals surface area contributed by atoms with E-state index in [1.54, 1.807) is 29.6 Å². The molecule has 0 saturated heterocycles. The number of carbonyl (C=O) groups excluding carboxylic acids is 1. The van der Waals surface area contributed by atoms with Crippen LogP contribution in [-0.4, -0.2) is 51.8 Å². The number of carbonyl (C=O) groups is 2. The van der Waals surface area contributed by atoms with Gasteiger partial charge >= 0.3 is 5.97 Å². The summed E-state index contributed by atoms with van der Waals surface area (Å²) in [7, 11) is 1.87. The van der Waals surface area contributed by atoms with Crippen LogP contribution in [0.4, 0.5) is 11.5 Å². The number of amides is 1. The first-order chi connectivity index (χ1) is 17.0. The van der Waals surface area contributed by atoms with Crippen molar-refractivity contribution in [3.05, 3.63) is 95.9 Å². The van der Waals surface area contributed by atoms with E-state index >= 15 is 0 Å². The Morgan fingerprint density at radius 1 is 1.06 bits per heavy atom. The molecule has 176 valence electrons. The highest BCUT2D eigenvalue weighted by Gasteiger charge is 2.35. The van der Waals surface area contributed by atoms with Crippen LogP contribution in [0, 0.1) is 0 Å². The number of aromatic nitrogens is 3. The SMILES string of the molecule is CN(c1ccn[nH]1)C(Cc1ccccc1)C(=O)N1CCc2c(C(=O)O)cc(-c3ccncc3)cc21. The fourth-order valence-corrected chi connectivity index (χ4v) is 4.66. The Labute approximate surface area is 202 Å². The standard InChI is InChI=1S/C27H25N5O3/c1-31(25-9-13-29-30-25)24(15-18-5-3-2-4-6-18)26(33)32-14-10-21-22(27(34)35)16-20(17-23(21)32)19-7-11-28-12-8-19/h2-9,11-13,16-17,24H,10,14-15H2,1H3,(H,29,30)(H,34,35). The Balaban J connectivity index is 1.55. The van der Waals surface area contributed by atoms with Crippen molar-refractivity contribution in [3.63, 3.8) is 0 Å². The Morgan fingerprint density at radius 2 is 1.83 bits per heavy atom. The number of nitrogens with one attached hydrogen (secondary N) is 1. The van der Waals surface area contributed by atoms with Crippen molar-refractivity contribution in [2.24, 2.45) is 0 Å². The number of aromatic amines is 1. The van der Waals surface area contributed by atoms with Gasteiger partial charge in [-0.1, -0.05) is 30.3 Å². The van der Waals surface area contributed by atoms with Crippen molar-refractivity contribution in [2.75, 3.05) is 23.4 Å². The van der Waals surface area contributed by atoms with E-state index in [0.717, 1.165) is 22.5 Å². The Bertz CT molecular complexity index is 1340. The van der Waals surface area contributed by atoms with Gasteiger partial charge in [0.25, 0.3) is 0 Å². The van der Waals surface area contributed by atoms with Crippen molar-refractivity contribution in [2.45, 2.75) is 18.9 Å². The molecule has 5 rings (SSSR count). The molecule has 2 N–H and O–H groups in total. The summed E-state index contributed by atoms with van der Waals surface area (Å²) >= 11 is 0. The highest BCUT2D eigenvalue weighted by molar-refractivity contribution is 6.04. The molecule has 1 atom stereocenters. The lowest BCUT2D eigenvalue weighted by Crippen LogP contribution is -2.48. The topological polar surface area (TPSA) is 102 Å². The molecule has 1 amide bonds. The second-order valence-electron chi connectivity index (χ2n) is 8.56. The molecule has 0 bridgehead atoms. The van der Waals surface area contributed by atoms with Gasteiger partial charge in [0.2, 0.25) is 5.91 Å². The van der Waals surface area contributed by atoms with Crippen LogP contribution in [-0.2, 0) is 17.6 Å². The summed E-state index contributed by atoms with van der Waals surface area (Å²) in [6, 6.07) is 18.4. The number of H-pyrrole nitrogens is 1. The van der Waals surface area contributed by atoms with Crippen LogP contribution in [0.1, 0.15) is 21.5 Å². The fourth-order valence-electron chi connectivity index (χ4n) is 4.66. The molecular weight excluding hydrogens is 442 g/mol. The van der Waals surface area contributed by atoms with E-state index in [9.17, 15) is 14.7 Å². The molecule has 0 radical (unpaired) electrons. The normalized spacial score (nSPS) is 13.3. The molecule has 35 heavy (non-hydrogen) atoms. The quantitative estimate of drug-likeness (QED) is 0.429. The number of likely N-dealkylation sites (N-methyl/N-ethyl adjacent to an activating group) is 1. The van der Waals surface area contributed by atoms with Crippen LogP contribution in [0.5, 0.6) is 0 Å². The molecule has 3 heterocycles. The predicted molar refractivity (Wildman–Crippen MR) is 134 cm³/mol. The van der Waals surface area contributed by atoms with Crippen molar-refractivity contribution in [3.8, 4) is 11.1 Å². The molecule has 4 aromatic rings. The maximum atomic E-state index is 14.1. The summed E-state index contributed by atoms with van der Waals surface area (Å²) < 4.78 is 0. The maximum absolute atomic E-state index is 14.1. The van der Waals surface area contributed by atoms with E-state index in [1.807, 2.05) is 66.5 Å². The van der Waals surface area contributed by atoms with Crippen LogP contribution in [0.2, 0.25) is 0 Å². The molecule has 0 fully saturated rings. The van der Waals surface area contributed by atoms with E-state index in [1.165, 1.54) is 0 Å². The summed E-state index contributed by atoms with van der Waals surface area (Å²) in [4.78, 5) is 33.9. The molecule has 8 nitrogen and oxygen atoms in total. The number of hydrogen-bond donors (Lipinski definition) is 2. The van der Waals surface area contributed by atoms with Crippen LogP contribution in [0.3, 0.4) is 0 Å². The van der Waals surface area contributed by atoms with E-state index in [-0.39, 0.29) is 11.5 Å². The highest BCUT2D eigenvalue weighted by Crippen LogP contribution is 2.37. The van der Waals surface area contributed by atoms with Gasteiger partial charge in [0, 0.05) is 44.2 Å². The zero-order valence-electron chi connectivity index (χ0n) is 19.3. The minimum absolute atomic E-state index is 0.0899. The highest BCUT2D eigenvalue weighted by atomic mass is 16.4. The zero-order chi connectivity index (χ0) is 24.4. The van der Waals surface area contributed by atoms with E-state index in [4.69, 9.17) is 0 Å². The zero-order valence-corrected chi connectivity index (χ0v) is 19.3. The predicted octanol–water partition coefficient (Wildman–Crippen LogP) is 3.81. The molecule has 1 aliphatic rings. The first-order valence-electron chi connectivity index (χ1n) is 11.4. The van der Waals surface area contributed by atoms with Crippen LogP contribution in [0.25, 0.3) is 11.1 Å². The number of pyridine rings is 1. The molecule has 0 saturated carbocycles. The van der Waals surface area contributed by atoms with Gasteiger partial charge in [-0.3, -0.25) is 14.9 Å². The van der Waals surface area contributed by atoms with Gasteiger partial charge in [-0.05, 0) is 52.9 Å². The van der Waals surface area contributed by atoms with Gasteiger partial charge in [-0.25, -0.2) is 4.79 Å². The van der Waals surface area contributed by atoms with E-state index < -0.39 is 12.0 Å². The van der Waals surface area contributed by atoms with E-state index in [2.05, 4.69) is 15.2 Å². The van der Waals surface area contributed by atoms with Crippen LogP contribution in [0.15, 0.2) is 79.3 Å². The maximum Gasteiger partial charge on any atom is 0.336 e. The summed E-state index contributed by atoms with van der Waals surface area (Å²) in [6.07, 6.45) is 5.98. The number of carboxylic acid groups (broad SMARTS) is 1. The summed E-state index contributed by atoms with van der Waals surface area (Å²) in [5.74, 6) is -0.356. The number of hydrogen-bond acceptors (Lipinski definition) is 5. The number of anilines is 2. The number of fused-ring (bicyclic) bond motifs is 1. The molecule has 2 aromatic carbocycles. The third-order valence-corrected chi connectivity index (χ3v) is 6.50. The number of benzene rings is 2. The van der Waals surface area contributed by atoms with Gasteiger partial charge in [-0.2, -0.15) is 5.10 Å². The van der Waals surface area contributed by atoms with Crippen LogP contribution >= 0.6 is 0 Å². The third kappa shape index (κ3) is 4.38. The second kappa shape index (κ2) is 9.42. The second-order valence-corrected chi connectivity index (χ2v) is 8.56. The number of aromatic carboxylic acids is 1. The molecule has 8 heteroatoms. The first-order valence-corrected chi connectivity index (χ1v) is 11.4. The summed E-state index contributed by atoms with van der Waals surface area (Å²) in [5.41, 5.74) is 4.19. The fraction of sp³-hybridized carbons (Fsp3) is 0.185. The Hall–Kier alpha value is -4.46. The lowest BCUT2D eigenvalue weighted by molar-refractivity contribution is -0.119. The van der Waals surface area contributed by atoms with Crippen molar-refractivity contribution < 1.29 is 14.7 Å². The molecule has 1 unspecified atom stereocenters. The largest absolute Gasteiger partial charge is 0.478 e. The van der Waals surface area contributed by atoms with Gasteiger partial charge in [0.05, 0.1) is 11.8 Å². The van der Waals surface area contributed by atoms with Crippen LogP contribution < -0.4 is 9.80 Å². The lowest BCUT2D eigenvalue weighted by atomic mass is 9.97. The number of nitrogens with zero attached hydrogens (tertiary/aromatic N) is 4. The minimum atomic E-state index is -0.998. The minimum Gasteiger partial charge on any atom is -0.478 e. The first kappa shape index (κ1) is 22.3. The molecular formula is C27H25N5O3. The van der Waals surface area contributed by atoms with Gasteiger partial charge < -0.3 is 14.9 Å². The number of carboxylic acids is 1. The monoisotopic (exact) mass is 467 g/mol. The Morgan fingerprint density at radius 3 is 2.51 bits per heavy atom. The van der Waals surface area contributed by atoms with Gasteiger partial charge in [0.15, 0.2) is 0 Å².